The first-order valence-corrected chi connectivity index (χ1v) is 7.43. The highest BCUT2D eigenvalue weighted by Gasteiger charge is 2.10. The SMILES string of the molecule is COc1cccc(/C=N/NC(C)=O)c1OCc1cccc(C(=O)O)c1. The van der Waals surface area contributed by atoms with E-state index in [2.05, 4.69) is 10.5 Å². The second-order valence-electron chi connectivity index (χ2n) is 5.10. The third-order valence-electron chi connectivity index (χ3n) is 3.21. The van der Waals surface area contributed by atoms with Crippen molar-refractivity contribution in [3.8, 4) is 11.5 Å². The lowest BCUT2D eigenvalue weighted by molar-refractivity contribution is -0.118. The summed E-state index contributed by atoms with van der Waals surface area (Å²) in [6.45, 7) is 1.51. The molecule has 1 amide bonds. The second-order valence-corrected chi connectivity index (χ2v) is 5.10. The van der Waals surface area contributed by atoms with Crippen molar-refractivity contribution >= 4 is 18.1 Å². The van der Waals surface area contributed by atoms with Crippen LogP contribution < -0.4 is 14.9 Å². The summed E-state index contributed by atoms with van der Waals surface area (Å²) in [5.41, 5.74) is 3.83. The first-order chi connectivity index (χ1) is 12.0. The summed E-state index contributed by atoms with van der Waals surface area (Å²) in [5, 5.41) is 12.9. The summed E-state index contributed by atoms with van der Waals surface area (Å²) < 4.78 is 11.1. The predicted molar refractivity (Wildman–Crippen MR) is 92.1 cm³/mol. The molecule has 0 heterocycles. The number of hydrazone groups is 1. The van der Waals surface area contributed by atoms with Gasteiger partial charge in [0.05, 0.1) is 18.9 Å². The molecule has 2 rings (SSSR count). The molecule has 0 atom stereocenters. The van der Waals surface area contributed by atoms with Crippen LogP contribution in [0.4, 0.5) is 0 Å². The molecular weight excluding hydrogens is 324 g/mol. The van der Waals surface area contributed by atoms with Gasteiger partial charge in [0.25, 0.3) is 0 Å². The highest BCUT2D eigenvalue weighted by Crippen LogP contribution is 2.30. The van der Waals surface area contributed by atoms with Crippen molar-refractivity contribution in [3.05, 3.63) is 59.2 Å². The Balaban J connectivity index is 2.22. The molecule has 7 heteroatoms. The first kappa shape index (κ1) is 18.0. The standard InChI is InChI=1S/C18H18N2O5/c1-12(21)20-19-10-15-7-4-8-16(24-2)17(15)25-11-13-5-3-6-14(9-13)18(22)23/h3-10H,11H2,1-2H3,(H,20,21)(H,22,23)/b19-10+. The fourth-order valence-electron chi connectivity index (χ4n) is 2.09. The first-order valence-electron chi connectivity index (χ1n) is 7.43. The topological polar surface area (TPSA) is 97.2 Å². The summed E-state index contributed by atoms with van der Waals surface area (Å²) in [7, 11) is 1.52. The maximum absolute atomic E-state index is 11.0. The van der Waals surface area contributed by atoms with E-state index in [1.165, 1.54) is 26.3 Å². The van der Waals surface area contributed by atoms with Gasteiger partial charge in [-0.3, -0.25) is 4.79 Å². The van der Waals surface area contributed by atoms with Crippen molar-refractivity contribution in [1.29, 1.82) is 0 Å². The Morgan fingerprint density at radius 1 is 1.24 bits per heavy atom. The van der Waals surface area contributed by atoms with Gasteiger partial charge in [-0.1, -0.05) is 18.2 Å². The largest absolute Gasteiger partial charge is 0.493 e. The zero-order chi connectivity index (χ0) is 18.2. The van der Waals surface area contributed by atoms with E-state index in [0.29, 0.717) is 22.6 Å². The van der Waals surface area contributed by atoms with E-state index < -0.39 is 5.97 Å². The molecule has 130 valence electrons. The Labute approximate surface area is 144 Å². The average molecular weight is 342 g/mol. The van der Waals surface area contributed by atoms with Crippen molar-refractivity contribution in [3.63, 3.8) is 0 Å². The van der Waals surface area contributed by atoms with Crippen LogP contribution in [-0.2, 0) is 11.4 Å². The fraction of sp³-hybridized carbons (Fsp3) is 0.167. The van der Waals surface area contributed by atoms with Crippen molar-refractivity contribution in [2.45, 2.75) is 13.5 Å². The van der Waals surface area contributed by atoms with Gasteiger partial charge in [-0.05, 0) is 29.8 Å². The number of carboxylic acid groups (broad SMARTS) is 1. The molecule has 0 aliphatic heterocycles. The summed E-state index contributed by atoms with van der Waals surface area (Å²) in [4.78, 5) is 22.0. The maximum Gasteiger partial charge on any atom is 0.335 e. The van der Waals surface area contributed by atoms with Crippen LogP contribution in [0.15, 0.2) is 47.6 Å². The second kappa shape index (κ2) is 8.49. The number of aromatic carboxylic acids is 1. The molecule has 0 fully saturated rings. The molecule has 0 saturated heterocycles. The number of carbonyl (C=O) groups is 2. The number of carboxylic acids is 1. The van der Waals surface area contributed by atoms with Crippen molar-refractivity contribution in [2.24, 2.45) is 5.10 Å². The van der Waals surface area contributed by atoms with Gasteiger partial charge < -0.3 is 14.6 Å². The Bertz CT molecular complexity index is 802. The molecule has 25 heavy (non-hydrogen) atoms. The lowest BCUT2D eigenvalue weighted by Crippen LogP contribution is -2.12. The predicted octanol–water partition coefficient (Wildman–Crippen LogP) is 2.44. The Kier molecular flexibility index (Phi) is 6.11. The zero-order valence-electron chi connectivity index (χ0n) is 13.9. The Morgan fingerprint density at radius 3 is 2.68 bits per heavy atom. The van der Waals surface area contributed by atoms with Gasteiger partial charge in [0.2, 0.25) is 5.91 Å². The van der Waals surface area contributed by atoms with Crippen LogP contribution in [0.25, 0.3) is 0 Å². The van der Waals surface area contributed by atoms with Crippen LogP contribution in [0.2, 0.25) is 0 Å². The summed E-state index contributed by atoms with van der Waals surface area (Å²) in [6, 6.07) is 11.8. The summed E-state index contributed by atoms with van der Waals surface area (Å²) in [5.74, 6) is -0.338. The number of benzene rings is 2. The van der Waals surface area contributed by atoms with Crippen molar-refractivity contribution < 1.29 is 24.2 Å². The molecule has 0 radical (unpaired) electrons. The number of hydrogen-bond acceptors (Lipinski definition) is 5. The van der Waals surface area contributed by atoms with E-state index in [1.807, 2.05) is 0 Å². The Morgan fingerprint density at radius 2 is 2.00 bits per heavy atom. The number of methoxy groups -OCH3 is 1. The smallest absolute Gasteiger partial charge is 0.335 e. The number of hydrogen-bond donors (Lipinski definition) is 2. The van der Waals surface area contributed by atoms with E-state index in [9.17, 15) is 9.59 Å². The van der Waals surface area contributed by atoms with Crippen LogP contribution in [0, 0.1) is 0 Å². The van der Waals surface area contributed by atoms with Crippen LogP contribution in [0.1, 0.15) is 28.4 Å². The maximum atomic E-state index is 11.0. The number of ether oxygens (including phenoxy) is 2. The zero-order valence-corrected chi connectivity index (χ0v) is 13.9. The van der Waals surface area contributed by atoms with Crippen LogP contribution in [-0.4, -0.2) is 30.3 Å². The molecule has 0 aromatic heterocycles. The summed E-state index contributed by atoms with van der Waals surface area (Å²) in [6.07, 6.45) is 1.45. The van der Waals surface area contributed by atoms with Gasteiger partial charge in [0.15, 0.2) is 11.5 Å². The molecule has 0 unspecified atom stereocenters. The molecule has 0 bridgehead atoms. The van der Waals surface area contributed by atoms with Gasteiger partial charge in [0.1, 0.15) is 6.61 Å². The highest BCUT2D eigenvalue weighted by atomic mass is 16.5. The number of amides is 1. The third kappa shape index (κ3) is 5.07. The van der Waals surface area contributed by atoms with Crippen LogP contribution >= 0.6 is 0 Å². The van der Waals surface area contributed by atoms with E-state index in [0.717, 1.165) is 0 Å². The minimum absolute atomic E-state index is 0.155. The molecule has 0 aliphatic carbocycles. The third-order valence-corrected chi connectivity index (χ3v) is 3.21. The van der Waals surface area contributed by atoms with E-state index in [4.69, 9.17) is 14.6 Å². The Hall–Kier alpha value is -3.35. The van der Waals surface area contributed by atoms with Gasteiger partial charge >= 0.3 is 5.97 Å². The fourth-order valence-corrected chi connectivity index (χ4v) is 2.09. The van der Waals surface area contributed by atoms with Crippen LogP contribution in [0.5, 0.6) is 11.5 Å². The van der Waals surface area contributed by atoms with Crippen LogP contribution in [0.3, 0.4) is 0 Å². The van der Waals surface area contributed by atoms with E-state index >= 15 is 0 Å². The molecule has 0 spiro atoms. The molecular formula is C18H18N2O5. The number of carbonyl (C=O) groups excluding carboxylic acids is 1. The number of rotatable bonds is 7. The van der Waals surface area contributed by atoms with Gasteiger partial charge in [-0.15, -0.1) is 0 Å². The number of nitrogens with zero attached hydrogens (tertiary/aromatic N) is 1. The van der Waals surface area contributed by atoms with E-state index in [-0.39, 0.29) is 18.1 Å². The number of nitrogens with one attached hydrogen (secondary N) is 1. The quantitative estimate of drug-likeness (QED) is 0.595. The minimum atomic E-state index is -0.998. The lowest BCUT2D eigenvalue weighted by atomic mass is 10.1. The highest BCUT2D eigenvalue weighted by molar-refractivity contribution is 5.88. The molecule has 0 aliphatic rings. The lowest BCUT2D eigenvalue weighted by Gasteiger charge is -2.13. The van der Waals surface area contributed by atoms with Crippen molar-refractivity contribution in [2.75, 3.05) is 7.11 Å². The normalized spacial score (nSPS) is 10.5. The summed E-state index contributed by atoms with van der Waals surface area (Å²) >= 11 is 0. The van der Waals surface area contributed by atoms with Gasteiger partial charge in [0, 0.05) is 12.5 Å². The van der Waals surface area contributed by atoms with Crippen molar-refractivity contribution in [1.82, 2.24) is 5.43 Å². The van der Waals surface area contributed by atoms with Gasteiger partial charge in [-0.2, -0.15) is 5.10 Å². The molecule has 2 aromatic carbocycles. The molecule has 7 nitrogen and oxygen atoms in total. The van der Waals surface area contributed by atoms with E-state index in [1.54, 1.807) is 36.4 Å². The monoisotopic (exact) mass is 342 g/mol. The molecule has 2 N–H and O–H groups in total. The number of para-hydroxylation sites is 1. The minimum Gasteiger partial charge on any atom is -0.493 e. The van der Waals surface area contributed by atoms with Gasteiger partial charge in [-0.25, -0.2) is 10.2 Å². The molecule has 2 aromatic rings. The average Bonchev–Trinajstić information content (AvgIpc) is 2.60. The molecule has 0 saturated carbocycles.